The molecule has 1 aliphatic rings. The van der Waals surface area contributed by atoms with Crippen molar-refractivity contribution >= 4 is 0 Å². The van der Waals surface area contributed by atoms with Gasteiger partial charge < -0.3 is 10.1 Å². The highest BCUT2D eigenvalue weighted by atomic mass is 16.5. The van der Waals surface area contributed by atoms with E-state index in [0.29, 0.717) is 6.61 Å². The van der Waals surface area contributed by atoms with Gasteiger partial charge in [0.05, 0.1) is 5.69 Å². The summed E-state index contributed by atoms with van der Waals surface area (Å²) in [5.41, 5.74) is 8.08. The van der Waals surface area contributed by atoms with Gasteiger partial charge >= 0.3 is 0 Å². The third kappa shape index (κ3) is 4.23. The van der Waals surface area contributed by atoms with E-state index in [9.17, 15) is 0 Å². The lowest BCUT2D eigenvalue weighted by atomic mass is 9.98. The number of hydrogen-bond donors (Lipinski definition) is 1. The van der Waals surface area contributed by atoms with Crippen LogP contribution in [0.1, 0.15) is 35.0 Å². The first-order chi connectivity index (χ1) is 13.7. The summed E-state index contributed by atoms with van der Waals surface area (Å²) in [6.45, 7) is 6.69. The average molecular weight is 374 g/mol. The molecule has 3 aromatic rings. The lowest BCUT2D eigenvalue weighted by Gasteiger charge is -2.14. The van der Waals surface area contributed by atoms with E-state index in [1.165, 1.54) is 16.7 Å². The Kier molecular flexibility index (Phi) is 5.68. The quantitative estimate of drug-likeness (QED) is 0.725. The molecule has 0 fully saturated rings. The second-order valence-corrected chi connectivity index (χ2v) is 7.33. The number of aromatic nitrogens is 2. The maximum atomic E-state index is 6.16. The van der Waals surface area contributed by atoms with Gasteiger partial charge in [-0.05, 0) is 86.3 Å². The molecule has 1 N–H and O–H groups in total. The Bertz CT molecular complexity index is 968. The molecule has 0 unspecified atom stereocenters. The van der Waals surface area contributed by atoms with Crippen molar-refractivity contribution < 1.29 is 4.74 Å². The third-order valence-electron chi connectivity index (χ3n) is 5.28. The van der Waals surface area contributed by atoms with Crippen LogP contribution in [0.4, 0.5) is 0 Å². The zero-order valence-electron chi connectivity index (χ0n) is 16.7. The lowest BCUT2D eigenvalue weighted by molar-refractivity contribution is 0.301. The molecule has 1 aromatic carbocycles. The average Bonchev–Trinajstić information content (AvgIpc) is 2.98. The van der Waals surface area contributed by atoms with Crippen LogP contribution >= 0.6 is 0 Å². The molecule has 4 heteroatoms. The van der Waals surface area contributed by atoms with E-state index in [1.54, 1.807) is 0 Å². The highest BCUT2D eigenvalue weighted by Gasteiger charge is 2.13. The van der Waals surface area contributed by atoms with Crippen molar-refractivity contribution in [2.75, 3.05) is 13.1 Å². The predicted octanol–water partition coefficient (Wildman–Crippen LogP) is 4.28. The fourth-order valence-corrected chi connectivity index (χ4v) is 3.67. The van der Waals surface area contributed by atoms with Gasteiger partial charge in [-0.3, -0.25) is 4.98 Å². The van der Waals surface area contributed by atoms with Crippen molar-refractivity contribution in [3.8, 4) is 17.0 Å². The standard InChI is InChI=1S/C24H27N3O/c1-3-18-8-13-26-22(14-18)16-28-23-7-4-17(2)27-24(23)21-6-5-19-9-11-25-12-10-20(19)15-21/h4-8,13-15,25H,3,9-12,16H2,1-2H3. The Hall–Kier alpha value is -2.72. The Morgan fingerprint density at radius 1 is 1.00 bits per heavy atom. The topological polar surface area (TPSA) is 47.0 Å². The SMILES string of the molecule is CCc1ccnc(COc2ccc(C)nc2-c2ccc3c(c2)CCNCC3)c1. The molecule has 0 spiro atoms. The highest BCUT2D eigenvalue weighted by Crippen LogP contribution is 2.31. The first-order valence-corrected chi connectivity index (χ1v) is 10.1. The van der Waals surface area contributed by atoms with Crippen molar-refractivity contribution in [1.29, 1.82) is 0 Å². The van der Waals surface area contributed by atoms with Crippen LogP contribution in [-0.4, -0.2) is 23.1 Å². The second-order valence-electron chi connectivity index (χ2n) is 7.33. The molecule has 3 heterocycles. The van der Waals surface area contributed by atoms with E-state index in [4.69, 9.17) is 9.72 Å². The van der Waals surface area contributed by atoms with Crippen molar-refractivity contribution in [2.45, 2.75) is 39.7 Å². The first-order valence-electron chi connectivity index (χ1n) is 10.1. The maximum absolute atomic E-state index is 6.16. The van der Waals surface area contributed by atoms with Crippen molar-refractivity contribution in [2.24, 2.45) is 0 Å². The fraction of sp³-hybridized carbons (Fsp3) is 0.333. The van der Waals surface area contributed by atoms with Gasteiger partial charge in [0.25, 0.3) is 0 Å². The van der Waals surface area contributed by atoms with E-state index >= 15 is 0 Å². The van der Waals surface area contributed by atoms with Crippen LogP contribution in [0.2, 0.25) is 0 Å². The molecular weight excluding hydrogens is 346 g/mol. The van der Waals surface area contributed by atoms with Gasteiger partial charge in [-0.15, -0.1) is 0 Å². The van der Waals surface area contributed by atoms with Gasteiger partial charge in [0, 0.05) is 17.5 Å². The van der Waals surface area contributed by atoms with Crippen LogP contribution in [0.3, 0.4) is 0 Å². The molecule has 0 radical (unpaired) electrons. The minimum atomic E-state index is 0.445. The van der Waals surface area contributed by atoms with Crippen molar-refractivity contribution in [3.63, 3.8) is 0 Å². The number of rotatable bonds is 5. The highest BCUT2D eigenvalue weighted by molar-refractivity contribution is 5.68. The van der Waals surface area contributed by atoms with Gasteiger partial charge in [-0.2, -0.15) is 0 Å². The van der Waals surface area contributed by atoms with Crippen LogP contribution < -0.4 is 10.1 Å². The van der Waals surface area contributed by atoms with Gasteiger partial charge in [-0.1, -0.05) is 19.1 Å². The first kappa shape index (κ1) is 18.6. The number of nitrogens with zero attached hydrogens (tertiary/aromatic N) is 2. The molecule has 4 rings (SSSR count). The van der Waals surface area contributed by atoms with E-state index in [2.05, 4.69) is 41.5 Å². The summed E-state index contributed by atoms with van der Waals surface area (Å²) in [7, 11) is 0. The number of hydrogen-bond acceptors (Lipinski definition) is 4. The third-order valence-corrected chi connectivity index (χ3v) is 5.28. The zero-order valence-corrected chi connectivity index (χ0v) is 16.7. The number of benzene rings is 1. The van der Waals surface area contributed by atoms with Crippen LogP contribution in [0.15, 0.2) is 48.7 Å². The molecule has 0 aliphatic carbocycles. The number of nitrogens with one attached hydrogen (secondary N) is 1. The summed E-state index contributed by atoms with van der Waals surface area (Å²) in [5, 5.41) is 3.47. The zero-order chi connectivity index (χ0) is 19.3. The smallest absolute Gasteiger partial charge is 0.146 e. The van der Waals surface area contributed by atoms with E-state index in [-0.39, 0.29) is 0 Å². The minimum Gasteiger partial charge on any atom is -0.485 e. The van der Waals surface area contributed by atoms with Gasteiger partial charge in [0.15, 0.2) is 0 Å². The molecule has 0 saturated heterocycles. The minimum absolute atomic E-state index is 0.445. The fourth-order valence-electron chi connectivity index (χ4n) is 3.67. The number of pyridine rings is 2. The molecule has 144 valence electrons. The monoisotopic (exact) mass is 373 g/mol. The molecule has 2 aromatic heterocycles. The van der Waals surface area contributed by atoms with Gasteiger partial charge in [0.2, 0.25) is 0 Å². The number of ether oxygens (including phenoxy) is 1. The molecule has 0 bridgehead atoms. The summed E-state index contributed by atoms with van der Waals surface area (Å²) in [6.07, 6.45) is 4.99. The van der Waals surface area contributed by atoms with E-state index in [0.717, 1.165) is 60.7 Å². The summed E-state index contributed by atoms with van der Waals surface area (Å²) in [5.74, 6) is 0.806. The molecule has 0 amide bonds. The molecule has 0 atom stereocenters. The summed E-state index contributed by atoms with van der Waals surface area (Å²) < 4.78 is 6.16. The Morgan fingerprint density at radius 2 is 1.86 bits per heavy atom. The molecule has 28 heavy (non-hydrogen) atoms. The van der Waals surface area contributed by atoms with Crippen LogP contribution in [0.25, 0.3) is 11.3 Å². The van der Waals surface area contributed by atoms with E-state index in [1.807, 2.05) is 31.3 Å². The molecule has 1 aliphatic heterocycles. The van der Waals surface area contributed by atoms with Crippen LogP contribution in [-0.2, 0) is 25.9 Å². The Balaban J connectivity index is 1.62. The van der Waals surface area contributed by atoms with Gasteiger partial charge in [0.1, 0.15) is 18.1 Å². The Labute approximate surface area is 167 Å². The maximum Gasteiger partial charge on any atom is 0.146 e. The molecular formula is C24H27N3O. The van der Waals surface area contributed by atoms with Crippen molar-refractivity contribution in [3.05, 3.63) is 76.7 Å². The van der Waals surface area contributed by atoms with Crippen molar-refractivity contribution in [1.82, 2.24) is 15.3 Å². The number of fused-ring (bicyclic) bond motifs is 1. The number of aryl methyl sites for hydroxylation is 2. The Morgan fingerprint density at radius 3 is 2.71 bits per heavy atom. The summed E-state index contributed by atoms with van der Waals surface area (Å²) in [6, 6.07) is 14.9. The molecule has 4 nitrogen and oxygen atoms in total. The molecule has 0 saturated carbocycles. The van der Waals surface area contributed by atoms with Crippen LogP contribution in [0, 0.1) is 6.92 Å². The largest absolute Gasteiger partial charge is 0.485 e. The predicted molar refractivity (Wildman–Crippen MR) is 113 cm³/mol. The van der Waals surface area contributed by atoms with Crippen LogP contribution in [0.5, 0.6) is 5.75 Å². The summed E-state index contributed by atoms with van der Waals surface area (Å²) in [4.78, 5) is 9.24. The van der Waals surface area contributed by atoms with E-state index < -0.39 is 0 Å². The summed E-state index contributed by atoms with van der Waals surface area (Å²) >= 11 is 0. The second kappa shape index (κ2) is 8.53. The lowest BCUT2D eigenvalue weighted by Crippen LogP contribution is -2.16. The normalized spacial score (nSPS) is 13.6. The van der Waals surface area contributed by atoms with Gasteiger partial charge in [-0.25, -0.2) is 4.98 Å².